The van der Waals surface area contributed by atoms with Crippen LogP contribution in [0.5, 0.6) is 5.88 Å². The summed E-state index contributed by atoms with van der Waals surface area (Å²) in [6, 6.07) is 3.30. The van der Waals surface area contributed by atoms with Gasteiger partial charge in [-0.1, -0.05) is 6.07 Å². The highest BCUT2D eigenvalue weighted by molar-refractivity contribution is 5.68. The molecule has 5 rings (SSSR count). The summed E-state index contributed by atoms with van der Waals surface area (Å²) in [5, 5.41) is 2.34. The summed E-state index contributed by atoms with van der Waals surface area (Å²) >= 11 is 0. The Kier molecular flexibility index (Phi) is 5.51. The molecule has 1 unspecified atom stereocenters. The summed E-state index contributed by atoms with van der Waals surface area (Å²) < 4.78 is 60.1. The number of nitrogens with one attached hydrogen (secondary N) is 1. The van der Waals surface area contributed by atoms with Crippen molar-refractivity contribution in [3.63, 3.8) is 0 Å². The van der Waals surface area contributed by atoms with E-state index in [0.717, 1.165) is 31.3 Å². The van der Waals surface area contributed by atoms with E-state index >= 15 is 4.39 Å². The molecule has 176 valence electrons. The molecule has 33 heavy (non-hydrogen) atoms. The predicted octanol–water partition coefficient (Wildman–Crippen LogP) is 3.65. The van der Waals surface area contributed by atoms with E-state index in [1.807, 2.05) is 6.92 Å². The summed E-state index contributed by atoms with van der Waals surface area (Å²) in [5.41, 5.74) is -0.899. The van der Waals surface area contributed by atoms with Crippen LogP contribution in [-0.2, 0) is 9.47 Å². The van der Waals surface area contributed by atoms with Crippen LogP contribution in [0.1, 0.15) is 19.8 Å². The Labute approximate surface area is 188 Å². The number of fused-ring (bicyclic) bond motifs is 2. The van der Waals surface area contributed by atoms with Crippen LogP contribution in [-0.4, -0.2) is 59.0 Å². The molecular weight excluding hydrogens is 441 g/mol. The zero-order valence-electron chi connectivity index (χ0n) is 17.9. The van der Waals surface area contributed by atoms with Crippen molar-refractivity contribution in [3.05, 3.63) is 42.0 Å². The monoisotopic (exact) mass is 464 g/mol. The molecule has 1 aromatic carbocycles. The number of carbonyl (C=O) groups excluding carboxylic acids is 1. The van der Waals surface area contributed by atoms with E-state index in [9.17, 15) is 13.6 Å². The van der Waals surface area contributed by atoms with Gasteiger partial charge in [-0.25, -0.2) is 18.6 Å². The van der Waals surface area contributed by atoms with Crippen molar-refractivity contribution in [1.82, 2.24) is 14.9 Å². The molecule has 1 aliphatic carbocycles. The first-order chi connectivity index (χ1) is 15.8. The van der Waals surface area contributed by atoms with Gasteiger partial charge in [0.1, 0.15) is 35.4 Å². The summed E-state index contributed by atoms with van der Waals surface area (Å²) in [5.74, 6) is -3.93. The molecule has 8 nitrogen and oxygen atoms in total. The number of hydrogen-bond acceptors (Lipinski definition) is 7. The standard InChI is InChI=1S/C22H23F3N4O4/c1-22(5-6-22)33-21(30)29-7-12-9-31-10-13(8-29)18(12)32-20-16(25)19(26-11-27-20)28-17-14(23)3-2-4-15(17)24/h2-4,11-13,18H,5-10H2,1H3,(H,26,27,28)/t12-,13+,18?. The van der Waals surface area contributed by atoms with Gasteiger partial charge in [-0.3, -0.25) is 0 Å². The van der Waals surface area contributed by atoms with Crippen LogP contribution in [0.4, 0.5) is 29.5 Å². The number of rotatable bonds is 5. The molecule has 1 N–H and O–H groups in total. The zero-order chi connectivity index (χ0) is 23.2. The van der Waals surface area contributed by atoms with Gasteiger partial charge in [-0.05, 0) is 31.9 Å². The predicted molar refractivity (Wildman–Crippen MR) is 110 cm³/mol. The van der Waals surface area contributed by atoms with Crippen LogP contribution in [0.25, 0.3) is 0 Å². The Morgan fingerprint density at radius 1 is 1.15 bits per heavy atom. The molecular formula is C22H23F3N4O4. The fraction of sp³-hybridized carbons (Fsp3) is 0.500. The maximum absolute atomic E-state index is 15.1. The van der Waals surface area contributed by atoms with Crippen LogP contribution >= 0.6 is 0 Å². The van der Waals surface area contributed by atoms with Crippen molar-refractivity contribution >= 4 is 17.6 Å². The molecule has 3 heterocycles. The zero-order valence-corrected chi connectivity index (χ0v) is 17.9. The van der Waals surface area contributed by atoms with Crippen molar-refractivity contribution in [1.29, 1.82) is 0 Å². The minimum Gasteiger partial charge on any atom is -0.471 e. The topological polar surface area (TPSA) is 85.8 Å². The maximum atomic E-state index is 15.1. The van der Waals surface area contributed by atoms with Gasteiger partial charge in [-0.15, -0.1) is 0 Å². The molecule has 1 amide bonds. The molecule has 2 aromatic rings. The van der Waals surface area contributed by atoms with E-state index in [2.05, 4.69) is 15.3 Å². The second-order valence-electron chi connectivity index (χ2n) is 8.93. The van der Waals surface area contributed by atoms with Gasteiger partial charge in [0.15, 0.2) is 5.82 Å². The Bertz CT molecular complexity index is 1030. The number of halogens is 3. The minimum atomic E-state index is -0.970. The summed E-state index contributed by atoms with van der Waals surface area (Å²) in [7, 11) is 0. The van der Waals surface area contributed by atoms with Crippen molar-refractivity contribution in [2.45, 2.75) is 31.5 Å². The largest absolute Gasteiger partial charge is 0.471 e. The molecule has 0 spiro atoms. The summed E-state index contributed by atoms with van der Waals surface area (Å²) in [4.78, 5) is 21.8. The molecule has 2 bridgehead atoms. The lowest BCUT2D eigenvalue weighted by atomic mass is 9.84. The molecule has 3 atom stereocenters. The number of likely N-dealkylation sites (tertiary alicyclic amines) is 1. The van der Waals surface area contributed by atoms with E-state index in [1.54, 1.807) is 4.90 Å². The lowest BCUT2D eigenvalue weighted by molar-refractivity contribution is -0.112. The lowest BCUT2D eigenvalue weighted by Crippen LogP contribution is -2.59. The average Bonchev–Trinajstić information content (AvgIpc) is 3.49. The molecule has 1 aromatic heterocycles. The fourth-order valence-corrected chi connectivity index (χ4v) is 4.18. The van der Waals surface area contributed by atoms with E-state index in [0.29, 0.717) is 26.3 Å². The molecule has 3 fully saturated rings. The molecule has 2 saturated heterocycles. The van der Waals surface area contributed by atoms with Crippen molar-refractivity contribution in [3.8, 4) is 5.88 Å². The first-order valence-corrected chi connectivity index (χ1v) is 10.8. The van der Waals surface area contributed by atoms with Gasteiger partial charge in [0.25, 0.3) is 5.88 Å². The second-order valence-corrected chi connectivity index (χ2v) is 8.93. The normalized spacial score (nSPS) is 25.3. The Morgan fingerprint density at radius 3 is 2.45 bits per heavy atom. The van der Waals surface area contributed by atoms with Crippen LogP contribution in [0.2, 0.25) is 0 Å². The SMILES string of the molecule is CC1(OC(=O)N2C[C@H]3COC[C@@H](C2)C3Oc2ncnc(Nc3c(F)cccc3F)c2F)CC1. The van der Waals surface area contributed by atoms with Gasteiger partial charge in [0.2, 0.25) is 5.82 Å². The van der Waals surface area contributed by atoms with E-state index < -0.39 is 35.1 Å². The number of hydrogen-bond donors (Lipinski definition) is 1. The third kappa shape index (κ3) is 4.41. The van der Waals surface area contributed by atoms with Crippen molar-refractivity contribution in [2.75, 3.05) is 31.6 Å². The lowest BCUT2D eigenvalue weighted by Gasteiger charge is -2.46. The number of amides is 1. The average molecular weight is 464 g/mol. The first-order valence-electron chi connectivity index (χ1n) is 10.8. The number of aromatic nitrogens is 2. The number of anilines is 2. The van der Waals surface area contributed by atoms with Crippen LogP contribution in [0.15, 0.2) is 24.5 Å². The number of para-hydroxylation sites is 1. The second kappa shape index (κ2) is 8.36. The van der Waals surface area contributed by atoms with Crippen LogP contribution < -0.4 is 10.1 Å². The van der Waals surface area contributed by atoms with E-state index in [4.69, 9.17) is 14.2 Å². The third-order valence-corrected chi connectivity index (χ3v) is 6.26. The summed E-state index contributed by atoms with van der Waals surface area (Å²) in [6.45, 7) is 3.25. The van der Waals surface area contributed by atoms with Gasteiger partial charge in [0, 0.05) is 24.9 Å². The smallest absolute Gasteiger partial charge is 0.410 e. The molecule has 1 saturated carbocycles. The summed E-state index contributed by atoms with van der Waals surface area (Å²) in [6.07, 6.45) is 1.94. The van der Waals surface area contributed by atoms with Crippen LogP contribution in [0, 0.1) is 29.3 Å². The Morgan fingerprint density at radius 2 is 1.82 bits per heavy atom. The maximum Gasteiger partial charge on any atom is 0.410 e. The van der Waals surface area contributed by atoms with Gasteiger partial charge < -0.3 is 24.4 Å². The highest BCUT2D eigenvalue weighted by Gasteiger charge is 2.47. The van der Waals surface area contributed by atoms with Gasteiger partial charge >= 0.3 is 6.09 Å². The van der Waals surface area contributed by atoms with E-state index in [1.165, 1.54) is 6.07 Å². The first kappa shape index (κ1) is 21.7. The van der Waals surface area contributed by atoms with Crippen molar-refractivity contribution in [2.24, 2.45) is 11.8 Å². The van der Waals surface area contributed by atoms with Gasteiger partial charge in [0.05, 0.1) is 13.2 Å². The number of benzene rings is 1. The highest BCUT2D eigenvalue weighted by atomic mass is 19.1. The Balaban J connectivity index is 1.31. The molecule has 0 radical (unpaired) electrons. The minimum absolute atomic E-state index is 0.216. The molecule has 11 heteroatoms. The van der Waals surface area contributed by atoms with Crippen molar-refractivity contribution < 1.29 is 32.2 Å². The number of piperidine rings is 1. The Hall–Kier alpha value is -3.08. The quantitative estimate of drug-likeness (QED) is 0.723. The highest BCUT2D eigenvalue weighted by Crippen LogP contribution is 2.40. The van der Waals surface area contributed by atoms with Gasteiger partial charge in [-0.2, -0.15) is 9.37 Å². The molecule has 3 aliphatic rings. The third-order valence-electron chi connectivity index (χ3n) is 6.26. The fourth-order valence-electron chi connectivity index (χ4n) is 4.18. The molecule has 2 aliphatic heterocycles. The van der Waals surface area contributed by atoms with Crippen LogP contribution in [0.3, 0.4) is 0 Å². The van der Waals surface area contributed by atoms with E-state index in [-0.39, 0.29) is 29.4 Å². The number of nitrogens with zero attached hydrogens (tertiary/aromatic N) is 3. The number of carbonyl (C=O) groups is 1. The number of ether oxygens (including phenoxy) is 3.